The van der Waals surface area contributed by atoms with Crippen LogP contribution in [-0.2, 0) is 16.4 Å². The highest BCUT2D eigenvalue weighted by molar-refractivity contribution is 7.89. The summed E-state index contributed by atoms with van der Waals surface area (Å²) in [4.78, 5) is 1.10. The van der Waals surface area contributed by atoms with Gasteiger partial charge in [-0.15, -0.1) is 23.7 Å². The van der Waals surface area contributed by atoms with Crippen LogP contribution in [0.25, 0.3) is 0 Å². The van der Waals surface area contributed by atoms with Crippen molar-refractivity contribution >= 4 is 33.8 Å². The third-order valence-electron chi connectivity index (χ3n) is 3.69. The lowest BCUT2D eigenvalue weighted by molar-refractivity contribution is 0.296. The molecule has 0 spiro atoms. The summed E-state index contributed by atoms with van der Waals surface area (Å²) >= 11 is 1.59. The molecule has 0 radical (unpaired) electrons. The molecule has 20 heavy (non-hydrogen) atoms. The van der Waals surface area contributed by atoms with Crippen molar-refractivity contribution in [3.63, 3.8) is 0 Å². The lowest BCUT2D eigenvalue weighted by Crippen LogP contribution is -2.51. The molecule has 0 bridgehead atoms. The first-order valence-electron chi connectivity index (χ1n) is 6.78. The first-order valence-corrected chi connectivity index (χ1v) is 9.31. The molecule has 0 atom stereocenters. The molecule has 0 unspecified atom stereocenters. The fourth-order valence-corrected chi connectivity index (χ4v) is 4.43. The molecular weight excluding hydrogens is 316 g/mol. The van der Waals surface area contributed by atoms with E-state index in [1.165, 1.54) is 6.42 Å². The van der Waals surface area contributed by atoms with Crippen LogP contribution in [0.2, 0.25) is 0 Å². The second-order valence-corrected chi connectivity index (χ2v) is 8.35. The van der Waals surface area contributed by atoms with Crippen molar-refractivity contribution in [2.75, 3.05) is 12.3 Å². The highest BCUT2D eigenvalue weighted by Crippen LogP contribution is 2.25. The molecule has 1 saturated carbocycles. The van der Waals surface area contributed by atoms with E-state index in [1.54, 1.807) is 11.3 Å². The Kier molecular flexibility index (Phi) is 6.94. The Morgan fingerprint density at radius 1 is 1.30 bits per heavy atom. The predicted octanol–water partition coefficient (Wildman–Crippen LogP) is 2.29. The molecule has 116 valence electrons. The van der Waals surface area contributed by atoms with E-state index in [0.29, 0.717) is 13.0 Å². The number of nitrogens with one attached hydrogen (secondary N) is 1. The fraction of sp³-hybridized carbons (Fsp3) is 0.692. The summed E-state index contributed by atoms with van der Waals surface area (Å²) in [6.45, 7) is 0.375. The fourth-order valence-electron chi connectivity index (χ4n) is 2.45. The van der Waals surface area contributed by atoms with Gasteiger partial charge in [-0.2, -0.15) is 0 Å². The van der Waals surface area contributed by atoms with Crippen LogP contribution < -0.4 is 10.5 Å². The molecule has 2 rings (SSSR count). The molecule has 1 aromatic rings. The molecule has 1 heterocycles. The summed E-state index contributed by atoms with van der Waals surface area (Å²) in [6, 6.07) is 3.91. The van der Waals surface area contributed by atoms with Gasteiger partial charge in [0.25, 0.3) is 0 Å². The van der Waals surface area contributed by atoms with E-state index in [-0.39, 0.29) is 23.7 Å². The van der Waals surface area contributed by atoms with Crippen LogP contribution in [0.5, 0.6) is 0 Å². The van der Waals surface area contributed by atoms with Gasteiger partial charge >= 0.3 is 0 Å². The summed E-state index contributed by atoms with van der Waals surface area (Å²) in [7, 11) is -3.22. The molecule has 0 amide bonds. The Morgan fingerprint density at radius 3 is 2.60 bits per heavy atom. The van der Waals surface area contributed by atoms with Gasteiger partial charge in [0.2, 0.25) is 10.0 Å². The van der Waals surface area contributed by atoms with E-state index in [2.05, 4.69) is 4.72 Å². The number of aryl methyl sites for hydroxylation is 1. The van der Waals surface area contributed by atoms with Crippen molar-refractivity contribution in [2.24, 2.45) is 5.73 Å². The van der Waals surface area contributed by atoms with Crippen molar-refractivity contribution in [3.8, 4) is 0 Å². The third kappa shape index (κ3) is 5.69. The zero-order chi connectivity index (χ0) is 13.8. The van der Waals surface area contributed by atoms with Crippen molar-refractivity contribution in [3.05, 3.63) is 22.4 Å². The lowest BCUT2D eigenvalue weighted by Gasteiger charge is -2.33. The second kappa shape index (κ2) is 7.75. The minimum Gasteiger partial charge on any atom is -0.324 e. The van der Waals surface area contributed by atoms with Crippen molar-refractivity contribution in [1.82, 2.24) is 4.72 Å². The minimum absolute atomic E-state index is 0. The molecule has 4 nitrogen and oxygen atoms in total. The van der Waals surface area contributed by atoms with E-state index in [1.807, 2.05) is 17.5 Å². The Bertz CT molecular complexity index is 482. The minimum atomic E-state index is -3.22. The van der Waals surface area contributed by atoms with Crippen LogP contribution in [0.3, 0.4) is 0 Å². The Morgan fingerprint density at radius 2 is 2.00 bits per heavy atom. The van der Waals surface area contributed by atoms with Crippen LogP contribution >= 0.6 is 23.7 Å². The van der Waals surface area contributed by atoms with E-state index in [9.17, 15) is 8.42 Å². The third-order valence-corrected chi connectivity index (χ3v) is 5.95. The molecule has 3 N–H and O–H groups in total. The summed E-state index contributed by atoms with van der Waals surface area (Å²) in [5, 5.41) is 1.96. The summed E-state index contributed by atoms with van der Waals surface area (Å²) in [6.07, 6.45) is 5.83. The number of nitrogens with two attached hydrogens (primary N) is 1. The Labute approximate surface area is 131 Å². The maximum atomic E-state index is 11.9. The Hall–Kier alpha value is -0.140. The van der Waals surface area contributed by atoms with Gasteiger partial charge < -0.3 is 5.73 Å². The highest BCUT2D eigenvalue weighted by Gasteiger charge is 2.28. The van der Waals surface area contributed by atoms with Gasteiger partial charge in [-0.3, -0.25) is 0 Å². The van der Waals surface area contributed by atoms with Crippen molar-refractivity contribution in [1.29, 1.82) is 0 Å². The molecule has 1 fully saturated rings. The zero-order valence-corrected chi connectivity index (χ0v) is 14.0. The van der Waals surface area contributed by atoms with Crippen LogP contribution in [-0.4, -0.2) is 26.3 Å². The van der Waals surface area contributed by atoms with Crippen LogP contribution in [0.15, 0.2) is 17.5 Å². The standard InChI is InChI=1S/C13H22N2O2S2.ClH/c14-13(7-2-1-3-8-13)11-15-19(16,17)10-6-12-5-4-9-18-12;/h4-5,9,15H,1-3,6-8,10-11,14H2;1H. The van der Waals surface area contributed by atoms with Gasteiger partial charge in [0, 0.05) is 17.0 Å². The lowest BCUT2D eigenvalue weighted by atomic mass is 9.83. The summed E-state index contributed by atoms with van der Waals surface area (Å²) in [5.41, 5.74) is 5.89. The zero-order valence-electron chi connectivity index (χ0n) is 11.5. The van der Waals surface area contributed by atoms with Crippen LogP contribution in [0.1, 0.15) is 37.0 Å². The molecule has 1 aromatic heterocycles. The average molecular weight is 339 g/mol. The maximum Gasteiger partial charge on any atom is 0.212 e. The van der Waals surface area contributed by atoms with Gasteiger partial charge in [-0.1, -0.05) is 25.3 Å². The number of hydrogen-bond acceptors (Lipinski definition) is 4. The molecular formula is C13H23ClN2O2S2. The maximum absolute atomic E-state index is 11.9. The normalized spacial score (nSPS) is 18.4. The largest absolute Gasteiger partial charge is 0.324 e. The quantitative estimate of drug-likeness (QED) is 0.836. The topological polar surface area (TPSA) is 72.2 Å². The van der Waals surface area contributed by atoms with Gasteiger partial charge in [0.1, 0.15) is 0 Å². The monoisotopic (exact) mass is 338 g/mol. The van der Waals surface area contributed by atoms with E-state index < -0.39 is 10.0 Å². The predicted molar refractivity (Wildman–Crippen MR) is 87.1 cm³/mol. The number of hydrogen-bond donors (Lipinski definition) is 2. The molecule has 1 aliphatic rings. The number of rotatable bonds is 6. The molecule has 0 aromatic carbocycles. The van der Waals surface area contributed by atoms with Gasteiger partial charge in [0.05, 0.1) is 5.75 Å². The average Bonchev–Trinajstić information content (AvgIpc) is 2.89. The van der Waals surface area contributed by atoms with E-state index >= 15 is 0 Å². The highest BCUT2D eigenvalue weighted by atomic mass is 35.5. The number of sulfonamides is 1. The smallest absolute Gasteiger partial charge is 0.212 e. The van der Waals surface area contributed by atoms with Gasteiger partial charge in [-0.05, 0) is 30.7 Å². The van der Waals surface area contributed by atoms with Crippen LogP contribution in [0, 0.1) is 0 Å². The second-order valence-electron chi connectivity index (χ2n) is 5.39. The van der Waals surface area contributed by atoms with E-state index in [0.717, 1.165) is 30.6 Å². The van der Waals surface area contributed by atoms with Crippen LogP contribution in [0.4, 0.5) is 0 Å². The first kappa shape index (κ1) is 17.9. The Balaban J connectivity index is 0.00000200. The molecule has 0 aliphatic heterocycles. The first-order chi connectivity index (χ1) is 8.99. The van der Waals surface area contributed by atoms with Gasteiger partial charge in [-0.25, -0.2) is 13.1 Å². The number of thiophene rings is 1. The van der Waals surface area contributed by atoms with Gasteiger partial charge in [0.15, 0.2) is 0 Å². The summed E-state index contributed by atoms with van der Waals surface area (Å²) in [5.74, 6) is 0.142. The SMILES string of the molecule is Cl.NC1(CNS(=O)(=O)CCc2cccs2)CCCCC1. The van der Waals surface area contributed by atoms with Crippen molar-refractivity contribution < 1.29 is 8.42 Å². The van der Waals surface area contributed by atoms with E-state index in [4.69, 9.17) is 5.73 Å². The molecule has 7 heteroatoms. The molecule has 0 saturated heterocycles. The summed E-state index contributed by atoms with van der Waals surface area (Å²) < 4.78 is 26.6. The number of halogens is 1. The molecule has 1 aliphatic carbocycles. The van der Waals surface area contributed by atoms with Crippen molar-refractivity contribution in [2.45, 2.75) is 44.1 Å².